The Morgan fingerprint density at radius 1 is 1.18 bits per heavy atom. The van der Waals surface area contributed by atoms with Gasteiger partial charge in [0.15, 0.2) is 0 Å². The molecule has 1 aliphatic carbocycles. The van der Waals surface area contributed by atoms with Crippen molar-refractivity contribution in [3.63, 3.8) is 0 Å². The largest absolute Gasteiger partial charge is 0.380 e. The van der Waals surface area contributed by atoms with Gasteiger partial charge in [-0.05, 0) is 30.5 Å². The molecule has 0 atom stereocenters. The maximum Gasteiger partial charge on any atom is 0.146 e. The van der Waals surface area contributed by atoms with E-state index in [0.717, 1.165) is 18.4 Å². The Hall–Kier alpha value is -1.09. The number of nitrogens with two attached hydrogens (primary N) is 1. The molecule has 0 spiro atoms. The van der Waals surface area contributed by atoms with Gasteiger partial charge in [0, 0.05) is 12.6 Å². The minimum Gasteiger partial charge on any atom is -0.380 e. The maximum absolute atomic E-state index is 13.8. The SMILES string of the molecule is NCc1ccc(NC2CCCCCC2)c(F)c1. The van der Waals surface area contributed by atoms with Gasteiger partial charge in [0.2, 0.25) is 0 Å². The van der Waals surface area contributed by atoms with E-state index in [0.29, 0.717) is 18.3 Å². The van der Waals surface area contributed by atoms with Gasteiger partial charge in [0.05, 0.1) is 5.69 Å². The summed E-state index contributed by atoms with van der Waals surface area (Å²) in [6.45, 7) is 0.390. The van der Waals surface area contributed by atoms with Gasteiger partial charge < -0.3 is 11.1 Å². The maximum atomic E-state index is 13.8. The Morgan fingerprint density at radius 3 is 2.47 bits per heavy atom. The zero-order valence-corrected chi connectivity index (χ0v) is 10.2. The molecule has 0 aromatic heterocycles. The number of anilines is 1. The number of rotatable bonds is 3. The molecule has 1 aromatic carbocycles. The highest BCUT2D eigenvalue weighted by Gasteiger charge is 2.13. The van der Waals surface area contributed by atoms with Crippen LogP contribution in [0.4, 0.5) is 10.1 Å². The van der Waals surface area contributed by atoms with Crippen molar-refractivity contribution >= 4 is 5.69 Å². The predicted molar refractivity (Wildman–Crippen MR) is 69.4 cm³/mol. The van der Waals surface area contributed by atoms with Gasteiger partial charge in [-0.2, -0.15) is 0 Å². The standard InChI is InChI=1S/C14H21FN2/c15-13-9-11(10-16)7-8-14(13)17-12-5-3-1-2-4-6-12/h7-9,12,17H,1-6,10,16H2. The van der Waals surface area contributed by atoms with Gasteiger partial charge in [-0.25, -0.2) is 4.39 Å². The van der Waals surface area contributed by atoms with Crippen LogP contribution in [0.1, 0.15) is 44.1 Å². The monoisotopic (exact) mass is 236 g/mol. The van der Waals surface area contributed by atoms with Crippen LogP contribution in [-0.2, 0) is 6.54 Å². The van der Waals surface area contributed by atoms with E-state index in [1.54, 1.807) is 0 Å². The normalized spacial score (nSPS) is 17.8. The van der Waals surface area contributed by atoms with Crippen molar-refractivity contribution in [3.8, 4) is 0 Å². The van der Waals surface area contributed by atoms with Crippen LogP contribution in [-0.4, -0.2) is 6.04 Å². The molecule has 3 N–H and O–H groups in total. The van der Waals surface area contributed by atoms with Crippen LogP contribution in [0.3, 0.4) is 0 Å². The second kappa shape index (κ2) is 6.01. The van der Waals surface area contributed by atoms with E-state index in [1.165, 1.54) is 31.7 Å². The molecule has 1 aliphatic rings. The average molecular weight is 236 g/mol. The molecule has 2 rings (SSSR count). The topological polar surface area (TPSA) is 38.0 Å². The number of benzene rings is 1. The third-order valence-corrected chi connectivity index (χ3v) is 3.48. The Balaban J connectivity index is 2.01. The molecule has 0 aliphatic heterocycles. The first kappa shape index (κ1) is 12.4. The van der Waals surface area contributed by atoms with Crippen LogP contribution in [0.2, 0.25) is 0 Å². The smallest absolute Gasteiger partial charge is 0.146 e. The fraction of sp³-hybridized carbons (Fsp3) is 0.571. The van der Waals surface area contributed by atoms with Crippen LogP contribution in [0.5, 0.6) is 0 Å². The summed E-state index contributed by atoms with van der Waals surface area (Å²) in [5.74, 6) is -0.183. The van der Waals surface area contributed by atoms with Gasteiger partial charge in [-0.1, -0.05) is 31.7 Å². The van der Waals surface area contributed by atoms with Crippen LogP contribution in [0.25, 0.3) is 0 Å². The summed E-state index contributed by atoms with van der Waals surface area (Å²) >= 11 is 0. The summed E-state index contributed by atoms with van der Waals surface area (Å²) in [5, 5.41) is 3.32. The van der Waals surface area contributed by atoms with Gasteiger partial charge >= 0.3 is 0 Å². The number of hydrogen-bond donors (Lipinski definition) is 2. The first-order valence-electron chi connectivity index (χ1n) is 6.54. The Kier molecular flexibility index (Phi) is 4.37. The van der Waals surface area contributed by atoms with Crippen LogP contribution in [0.15, 0.2) is 18.2 Å². The first-order chi connectivity index (χ1) is 8.29. The zero-order valence-electron chi connectivity index (χ0n) is 10.2. The predicted octanol–water partition coefficient (Wildman–Crippen LogP) is 3.42. The molecule has 1 saturated carbocycles. The highest BCUT2D eigenvalue weighted by Crippen LogP contribution is 2.23. The van der Waals surface area contributed by atoms with Gasteiger partial charge in [-0.3, -0.25) is 0 Å². The van der Waals surface area contributed by atoms with E-state index in [-0.39, 0.29) is 5.82 Å². The zero-order chi connectivity index (χ0) is 12.1. The fourth-order valence-corrected chi connectivity index (χ4v) is 2.45. The highest BCUT2D eigenvalue weighted by atomic mass is 19.1. The molecule has 1 aromatic rings. The molecular formula is C14H21FN2. The summed E-state index contributed by atoms with van der Waals surface area (Å²) in [4.78, 5) is 0. The molecule has 2 nitrogen and oxygen atoms in total. The Bertz CT molecular complexity index is 357. The minimum absolute atomic E-state index is 0.183. The molecular weight excluding hydrogens is 215 g/mol. The summed E-state index contributed by atoms with van der Waals surface area (Å²) in [6, 6.07) is 5.65. The molecule has 17 heavy (non-hydrogen) atoms. The van der Waals surface area contributed by atoms with Gasteiger partial charge in [-0.15, -0.1) is 0 Å². The second-order valence-corrected chi connectivity index (χ2v) is 4.85. The first-order valence-corrected chi connectivity index (χ1v) is 6.54. The van der Waals surface area contributed by atoms with Crippen LogP contribution in [0, 0.1) is 5.82 Å². The number of halogens is 1. The number of nitrogens with one attached hydrogen (secondary N) is 1. The van der Waals surface area contributed by atoms with E-state index < -0.39 is 0 Å². The van der Waals surface area contributed by atoms with Crippen LogP contribution >= 0.6 is 0 Å². The molecule has 0 heterocycles. The van der Waals surface area contributed by atoms with E-state index in [9.17, 15) is 4.39 Å². The molecule has 0 unspecified atom stereocenters. The molecule has 0 saturated heterocycles. The third kappa shape index (κ3) is 3.43. The Morgan fingerprint density at radius 2 is 1.88 bits per heavy atom. The van der Waals surface area contributed by atoms with Crippen LogP contribution < -0.4 is 11.1 Å². The van der Waals surface area contributed by atoms with Crippen molar-refractivity contribution in [2.45, 2.75) is 51.1 Å². The molecule has 94 valence electrons. The lowest BCUT2D eigenvalue weighted by Crippen LogP contribution is -2.19. The lowest BCUT2D eigenvalue weighted by molar-refractivity contribution is 0.596. The van der Waals surface area contributed by atoms with Crippen molar-refractivity contribution in [2.75, 3.05) is 5.32 Å². The lowest BCUT2D eigenvalue weighted by Gasteiger charge is -2.18. The highest BCUT2D eigenvalue weighted by molar-refractivity contribution is 5.47. The third-order valence-electron chi connectivity index (χ3n) is 3.48. The molecule has 0 radical (unpaired) electrons. The summed E-state index contributed by atoms with van der Waals surface area (Å²) in [5.41, 5.74) is 6.95. The summed E-state index contributed by atoms with van der Waals surface area (Å²) < 4.78 is 13.8. The van der Waals surface area contributed by atoms with E-state index >= 15 is 0 Å². The lowest BCUT2D eigenvalue weighted by atomic mass is 10.1. The molecule has 1 fully saturated rings. The van der Waals surface area contributed by atoms with Crippen molar-refractivity contribution in [1.82, 2.24) is 0 Å². The van der Waals surface area contributed by atoms with E-state index in [1.807, 2.05) is 12.1 Å². The molecule has 0 amide bonds. The average Bonchev–Trinajstić information content (AvgIpc) is 2.60. The van der Waals surface area contributed by atoms with Crippen molar-refractivity contribution in [3.05, 3.63) is 29.6 Å². The van der Waals surface area contributed by atoms with E-state index in [2.05, 4.69) is 5.32 Å². The summed E-state index contributed by atoms with van der Waals surface area (Å²) in [6.07, 6.45) is 7.43. The minimum atomic E-state index is -0.183. The van der Waals surface area contributed by atoms with Gasteiger partial charge in [0.25, 0.3) is 0 Å². The van der Waals surface area contributed by atoms with Crippen molar-refractivity contribution in [2.24, 2.45) is 5.73 Å². The van der Waals surface area contributed by atoms with Gasteiger partial charge in [0.1, 0.15) is 5.82 Å². The summed E-state index contributed by atoms with van der Waals surface area (Å²) in [7, 11) is 0. The number of hydrogen-bond acceptors (Lipinski definition) is 2. The molecule has 0 bridgehead atoms. The quantitative estimate of drug-likeness (QED) is 0.789. The van der Waals surface area contributed by atoms with Crippen molar-refractivity contribution < 1.29 is 4.39 Å². The second-order valence-electron chi connectivity index (χ2n) is 4.85. The Labute approximate surface area is 102 Å². The van der Waals surface area contributed by atoms with Crippen molar-refractivity contribution in [1.29, 1.82) is 0 Å². The molecule has 3 heteroatoms. The van der Waals surface area contributed by atoms with E-state index in [4.69, 9.17) is 5.73 Å². The fourth-order valence-electron chi connectivity index (χ4n) is 2.45.